The molecule has 180 valence electrons. The fourth-order valence-corrected chi connectivity index (χ4v) is 5.05. The lowest BCUT2D eigenvalue weighted by Gasteiger charge is -2.27. The number of nitrogens with one attached hydrogen (secondary N) is 2. The van der Waals surface area contributed by atoms with E-state index in [0.717, 1.165) is 49.8 Å². The molecule has 2 heterocycles. The van der Waals surface area contributed by atoms with Crippen molar-refractivity contribution in [1.29, 1.82) is 0 Å². The average Bonchev–Trinajstić information content (AvgIpc) is 2.80. The van der Waals surface area contributed by atoms with Crippen molar-refractivity contribution in [3.8, 4) is 0 Å². The van der Waals surface area contributed by atoms with Crippen molar-refractivity contribution in [2.24, 2.45) is 0 Å². The Labute approximate surface area is 196 Å². The van der Waals surface area contributed by atoms with Gasteiger partial charge in [-0.25, -0.2) is 13.4 Å². The van der Waals surface area contributed by atoms with Crippen molar-refractivity contribution < 1.29 is 21.6 Å². The van der Waals surface area contributed by atoms with E-state index in [1.165, 1.54) is 24.6 Å². The van der Waals surface area contributed by atoms with E-state index in [1.54, 1.807) is 18.2 Å². The third-order valence-electron chi connectivity index (χ3n) is 5.37. The number of nitrogens with zero attached hydrogens (tertiary/aromatic N) is 3. The molecule has 0 amide bonds. The summed E-state index contributed by atoms with van der Waals surface area (Å²) in [4.78, 5) is 10.4. The number of anilines is 4. The fourth-order valence-electron chi connectivity index (χ4n) is 3.77. The molecule has 2 N–H and O–H groups in total. The van der Waals surface area contributed by atoms with Crippen LogP contribution in [0.4, 0.5) is 36.3 Å². The SMILES string of the molecule is Cc1cc(Nc2ccc(NS(=O)(=O)c3ccccc3C(F)(F)F)cc2)nc(N2CCCCC2)n1. The van der Waals surface area contributed by atoms with Crippen LogP contribution in [0.2, 0.25) is 0 Å². The molecule has 1 saturated heterocycles. The van der Waals surface area contributed by atoms with E-state index in [-0.39, 0.29) is 5.69 Å². The number of aromatic nitrogens is 2. The molecule has 11 heteroatoms. The Morgan fingerprint density at radius 3 is 2.24 bits per heavy atom. The Morgan fingerprint density at radius 2 is 1.56 bits per heavy atom. The molecule has 0 bridgehead atoms. The topological polar surface area (TPSA) is 87.2 Å². The normalized spacial score (nSPS) is 14.6. The van der Waals surface area contributed by atoms with Crippen molar-refractivity contribution in [2.45, 2.75) is 37.3 Å². The van der Waals surface area contributed by atoms with Gasteiger partial charge in [0.05, 0.1) is 10.5 Å². The highest BCUT2D eigenvalue weighted by atomic mass is 32.2. The van der Waals surface area contributed by atoms with Gasteiger partial charge in [-0.3, -0.25) is 4.72 Å². The van der Waals surface area contributed by atoms with Crippen molar-refractivity contribution in [3.05, 3.63) is 65.9 Å². The van der Waals surface area contributed by atoms with Gasteiger partial charge in [-0.1, -0.05) is 12.1 Å². The van der Waals surface area contributed by atoms with E-state index >= 15 is 0 Å². The molecule has 1 aliphatic heterocycles. The van der Waals surface area contributed by atoms with Gasteiger partial charge < -0.3 is 10.2 Å². The smallest absolute Gasteiger partial charge is 0.341 e. The first kappa shape index (κ1) is 23.8. The van der Waals surface area contributed by atoms with Gasteiger partial charge in [0.2, 0.25) is 5.95 Å². The number of benzene rings is 2. The number of aryl methyl sites for hydroxylation is 1. The Morgan fingerprint density at radius 1 is 0.912 bits per heavy atom. The zero-order valence-corrected chi connectivity index (χ0v) is 19.2. The summed E-state index contributed by atoms with van der Waals surface area (Å²) in [5.41, 5.74) is 0.368. The first-order valence-electron chi connectivity index (χ1n) is 10.8. The summed E-state index contributed by atoms with van der Waals surface area (Å²) >= 11 is 0. The maximum atomic E-state index is 13.2. The van der Waals surface area contributed by atoms with Crippen molar-refractivity contribution in [2.75, 3.05) is 28.0 Å². The second kappa shape index (κ2) is 9.49. The Bertz CT molecular complexity index is 1260. The van der Waals surface area contributed by atoms with Crippen LogP contribution in [-0.4, -0.2) is 31.5 Å². The second-order valence-electron chi connectivity index (χ2n) is 8.04. The van der Waals surface area contributed by atoms with Crippen LogP contribution in [0.1, 0.15) is 30.5 Å². The molecular weight excluding hydrogens is 467 g/mol. The van der Waals surface area contributed by atoms with E-state index in [9.17, 15) is 21.6 Å². The molecule has 2 aromatic carbocycles. The zero-order chi connectivity index (χ0) is 24.3. The molecule has 7 nitrogen and oxygen atoms in total. The molecule has 0 aliphatic carbocycles. The second-order valence-corrected chi connectivity index (χ2v) is 9.69. The average molecular weight is 492 g/mol. The highest BCUT2D eigenvalue weighted by Crippen LogP contribution is 2.34. The van der Waals surface area contributed by atoms with Gasteiger partial charge in [0.1, 0.15) is 5.82 Å². The number of alkyl halides is 3. The summed E-state index contributed by atoms with van der Waals surface area (Å²) in [5.74, 6) is 1.26. The minimum Gasteiger partial charge on any atom is -0.341 e. The molecule has 1 fully saturated rings. The summed E-state index contributed by atoms with van der Waals surface area (Å²) in [6.45, 7) is 3.71. The maximum absolute atomic E-state index is 13.2. The van der Waals surface area contributed by atoms with Crippen LogP contribution < -0.4 is 14.9 Å². The minimum absolute atomic E-state index is 0.135. The zero-order valence-electron chi connectivity index (χ0n) is 18.4. The predicted molar refractivity (Wildman–Crippen MR) is 125 cm³/mol. The summed E-state index contributed by atoms with van der Waals surface area (Å²) in [6, 6.07) is 12.0. The monoisotopic (exact) mass is 491 g/mol. The molecule has 4 rings (SSSR count). The Balaban J connectivity index is 1.50. The van der Waals surface area contributed by atoms with Gasteiger partial charge in [-0.15, -0.1) is 0 Å². The van der Waals surface area contributed by atoms with Gasteiger partial charge in [0.15, 0.2) is 0 Å². The third kappa shape index (κ3) is 5.58. The van der Waals surface area contributed by atoms with E-state index in [1.807, 2.05) is 6.92 Å². The molecule has 0 saturated carbocycles. The molecule has 0 atom stereocenters. The number of rotatable bonds is 6. The molecule has 0 spiro atoms. The van der Waals surface area contributed by atoms with Crippen molar-refractivity contribution in [1.82, 2.24) is 9.97 Å². The minimum atomic E-state index is -4.79. The predicted octanol–water partition coefficient (Wildman–Crippen LogP) is 5.34. The highest BCUT2D eigenvalue weighted by molar-refractivity contribution is 7.92. The van der Waals surface area contributed by atoms with Gasteiger partial charge in [0.25, 0.3) is 10.0 Å². The Kier molecular flexibility index (Phi) is 6.65. The lowest BCUT2D eigenvalue weighted by Crippen LogP contribution is -2.31. The van der Waals surface area contributed by atoms with Gasteiger partial charge in [-0.05, 0) is 62.6 Å². The number of hydrogen-bond acceptors (Lipinski definition) is 6. The quantitative estimate of drug-likeness (QED) is 0.484. The summed E-state index contributed by atoms with van der Waals surface area (Å²) in [5, 5.41) is 3.17. The fraction of sp³-hybridized carbons (Fsp3) is 0.304. The molecule has 0 unspecified atom stereocenters. The van der Waals surface area contributed by atoms with Crippen LogP contribution in [0.3, 0.4) is 0 Å². The lowest BCUT2D eigenvalue weighted by molar-refractivity contribution is -0.139. The van der Waals surface area contributed by atoms with Crippen LogP contribution in [0.5, 0.6) is 0 Å². The van der Waals surface area contributed by atoms with Crippen LogP contribution in [0.25, 0.3) is 0 Å². The molecule has 3 aromatic rings. The van der Waals surface area contributed by atoms with E-state index in [4.69, 9.17) is 0 Å². The first-order valence-corrected chi connectivity index (χ1v) is 12.3. The molecular formula is C23H24F3N5O2S. The van der Waals surface area contributed by atoms with E-state index < -0.39 is 26.7 Å². The Hall–Kier alpha value is -3.34. The van der Waals surface area contributed by atoms with Crippen LogP contribution in [0.15, 0.2) is 59.5 Å². The van der Waals surface area contributed by atoms with Crippen molar-refractivity contribution >= 4 is 33.2 Å². The van der Waals surface area contributed by atoms with Crippen LogP contribution in [0, 0.1) is 6.92 Å². The van der Waals surface area contributed by atoms with E-state index in [0.29, 0.717) is 17.5 Å². The van der Waals surface area contributed by atoms with Gasteiger partial charge >= 0.3 is 6.18 Å². The number of hydrogen-bond donors (Lipinski definition) is 2. The molecule has 34 heavy (non-hydrogen) atoms. The number of piperidine rings is 1. The molecule has 1 aliphatic rings. The van der Waals surface area contributed by atoms with Crippen molar-refractivity contribution in [3.63, 3.8) is 0 Å². The largest absolute Gasteiger partial charge is 0.417 e. The maximum Gasteiger partial charge on any atom is 0.417 e. The van der Waals surface area contributed by atoms with Gasteiger partial charge in [-0.2, -0.15) is 18.2 Å². The highest BCUT2D eigenvalue weighted by Gasteiger charge is 2.36. The number of halogens is 3. The van der Waals surface area contributed by atoms with Crippen LogP contribution >= 0.6 is 0 Å². The van der Waals surface area contributed by atoms with Crippen LogP contribution in [-0.2, 0) is 16.2 Å². The molecule has 0 radical (unpaired) electrons. The van der Waals surface area contributed by atoms with Gasteiger partial charge in [0, 0.05) is 36.2 Å². The first-order chi connectivity index (χ1) is 16.1. The summed E-state index contributed by atoms with van der Waals surface area (Å²) in [6.07, 6.45) is -1.39. The lowest BCUT2D eigenvalue weighted by atomic mass is 10.1. The third-order valence-corrected chi connectivity index (χ3v) is 6.81. The summed E-state index contributed by atoms with van der Waals surface area (Å²) < 4.78 is 67.2. The standard InChI is InChI=1S/C23H24F3N5O2S/c1-16-15-21(29-22(27-16)31-13-5-2-6-14-31)28-17-9-11-18(12-10-17)30-34(32,33)20-8-4-3-7-19(20)23(24,25)26/h3-4,7-12,15,30H,2,5-6,13-14H2,1H3,(H,27,28,29). The van der Waals surface area contributed by atoms with E-state index in [2.05, 4.69) is 24.9 Å². The number of sulfonamides is 1. The summed E-state index contributed by atoms with van der Waals surface area (Å²) in [7, 11) is -4.44. The molecule has 1 aromatic heterocycles.